The first-order valence-corrected chi connectivity index (χ1v) is 5.02. The van der Waals surface area contributed by atoms with Gasteiger partial charge in [-0.3, -0.25) is 4.98 Å². The number of nitrogens with zero attached hydrogens (tertiary/aromatic N) is 1. The van der Waals surface area contributed by atoms with E-state index in [0.29, 0.717) is 5.69 Å². The number of anilines is 2. The van der Waals surface area contributed by atoms with Gasteiger partial charge in [0.2, 0.25) is 0 Å². The lowest BCUT2D eigenvalue weighted by Crippen LogP contribution is -2.26. The molecule has 0 saturated heterocycles. The van der Waals surface area contributed by atoms with Crippen molar-refractivity contribution < 1.29 is 13.9 Å². The Labute approximate surface area is 92.7 Å². The van der Waals surface area contributed by atoms with Crippen LogP contribution in [0.15, 0.2) is 18.5 Å². The number of rotatable bonds is 6. The molecule has 0 spiro atoms. The summed E-state index contributed by atoms with van der Waals surface area (Å²) in [7, 11) is 0. The van der Waals surface area contributed by atoms with Gasteiger partial charge in [-0.05, 0) is 13.0 Å². The molecule has 0 saturated carbocycles. The SMILES string of the molecule is CCNc1cncc(NCC(O)C(F)F)c1. The summed E-state index contributed by atoms with van der Waals surface area (Å²) in [6, 6.07) is 1.74. The topological polar surface area (TPSA) is 57.2 Å². The molecular weight excluding hydrogens is 216 g/mol. The Morgan fingerprint density at radius 1 is 1.31 bits per heavy atom. The van der Waals surface area contributed by atoms with E-state index >= 15 is 0 Å². The minimum atomic E-state index is -2.74. The lowest BCUT2D eigenvalue weighted by Gasteiger charge is -2.12. The molecule has 1 heterocycles. The van der Waals surface area contributed by atoms with E-state index in [1.807, 2.05) is 6.92 Å². The van der Waals surface area contributed by atoms with Crippen molar-refractivity contribution in [2.45, 2.75) is 19.5 Å². The zero-order valence-electron chi connectivity index (χ0n) is 8.95. The van der Waals surface area contributed by atoms with Crippen LogP contribution >= 0.6 is 0 Å². The first kappa shape index (κ1) is 12.6. The second kappa shape index (κ2) is 6.22. The third-order valence-corrected chi connectivity index (χ3v) is 1.93. The average Bonchev–Trinajstić information content (AvgIpc) is 2.26. The molecule has 0 bridgehead atoms. The highest BCUT2D eigenvalue weighted by Gasteiger charge is 2.15. The van der Waals surface area contributed by atoms with Crippen molar-refractivity contribution in [3.63, 3.8) is 0 Å². The number of aliphatic hydroxyl groups is 1. The van der Waals surface area contributed by atoms with Crippen molar-refractivity contribution in [1.29, 1.82) is 0 Å². The zero-order valence-corrected chi connectivity index (χ0v) is 8.95. The standard InChI is InChI=1S/C10H15F2N3O/c1-2-14-7-3-8(5-13-4-7)15-6-9(16)10(11)12/h3-5,9-10,14-16H,2,6H2,1H3. The Morgan fingerprint density at radius 3 is 2.50 bits per heavy atom. The summed E-state index contributed by atoms with van der Waals surface area (Å²) in [5.41, 5.74) is 1.40. The molecule has 0 aliphatic carbocycles. The second-order valence-electron chi connectivity index (χ2n) is 3.28. The van der Waals surface area contributed by atoms with Crippen molar-refractivity contribution in [2.75, 3.05) is 23.7 Å². The molecule has 1 aromatic heterocycles. The van der Waals surface area contributed by atoms with E-state index < -0.39 is 12.5 Å². The highest BCUT2D eigenvalue weighted by Crippen LogP contribution is 2.13. The Kier molecular flexibility index (Phi) is 4.91. The molecule has 0 fully saturated rings. The van der Waals surface area contributed by atoms with Crippen LogP contribution in [0.25, 0.3) is 0 Å². The Hall–Kier alpha value is -1.43. The zero-order chi connectivity index (χ0) is 12.0. The van der Waals surface area contributed by atoms with Gasteiger partial charge in [-0.2, -0.15) is 0 Å². The van der Waals surface area contributed by atoms with Gasteiger partial charge in [0.15, 0.2) is 0 Å². The summed E-state index contributed by atoms with van der Waals surface area (Å²) in [4.78, 5) is 3.93. The van der Waals surface area contributed by atoms with Crippen LogP contribution in [0.1, 0.15) is 6.92 Å². The number of nitrogens with one attached hydrogen (secondary N) is 2. The molecule has 0 amide bonds. The fourth-order valence-corrected chi connectivity index (χ4v) is 1.15. The third-order valence-electron chi connectivity index (χ3n) is 1.93. The fraction of sp³-hybridized carbons (Fsp3) is 0.500. The van der Waals surface area contributed by atoms with Crippen molar-refractivity contribution in [1.82, 2.24) is 4.98 Å². The predicted molar refractivity (Wildman–Crippen MR) is 58.9 cm³/mol. The van der Waals surface area contributed by atoms with Crippen LogP contribution in [0.5, 0.6) is 0 Å². The largest absolute Gasteiger partial charge is 0.385 e. The van der Waals surface area contributed by atoms with Gasteiger partial charge in [-0.15, -0.1) is 0 Å². The van der Waals surface area contributed by atoms with E-state index in [-0.39, 0.29) is 6.54 Å². The smallest absolute Gasteiger partial charge is 0.265 e. The maximum Gasteiger partial charge on any atom is 0.265 e. The molecule has 90 valence electrons. The number of hydrogen-bond acceptors (Lipinski definition) is 4. The maximum atomic E-state index is 12.0. The Morgan fingerprint density at radius 2 is 1.94 bits per heavy atom. The van der Waals surface area contributed by atoms with Crippen molar-refractivity contribution in [3.05, 3.63) is 18.5 Å². The van der Waals surface area contributed by atoms with Gasteiger partial charge in [-0.1, -0.05) is 0 Å². The molecule has 16 heavy (non-hydrogen) atoms. The minimum absolute atomic E-state index is 0.199. The quantitative estimate of drug-likeness (QED) is 0.695. The maximum absolute atomic E-state index is 12.0. The van der Waals surface area contributed by atoms with Crippen LogP contribution in [0.2, 0.25) is 0 Å². The summed E-state index contributed by atoms with van der Waals surface area (Å²) >= 11 is 0. The van der Waals surface area contributed by atoms with Gasteiger partial charge in [0, 0.05) is 13.1 Å². The van der Waals surface area contributed by atoms with Gasteiger partial charge in [0.1, 0.15) is 6.10 Å². The molecule has 1 aromatic rings. The molecule has 1 unspecified atom stereocenters. The molecule has 1 rings (SSSR count). The number of aliphatic hydroxyl groups excluding tert-OH is 1. The summed E-state index contributed by atoms with van der Waals surface area (Å²) in [6.07, 6.45) is -1.25. The molecule has 4 nitrogen and oxygen atoms in total. The monoisotopic (exact) mass is 231 g/mol. The third kappa shape index (κ3) is 3.98. The summed E-state index contributed by atoms with van der Waals surface area (Å²) in [6.45, 7) is 2.50. The first-order chi connectivity index (χ1) is 7.63. The van der Waals surface area contributed by atoms with Crippen LogP contribution in [-0.2, 0) is 0 Å². The average molecular weight is 231 g/mol. The van der Waals surface area contributed by atoms with Crippen molar-refractivity contribution >= 4 is 11.4 Å². The molecule has 6 heteroatoms. The number of alkyl halides is 2. The van der Waals surface area contributed by atoms with Crippen LogP contribution < -0.4 is 10.6 Å². The van der Waals surface area contributed by atoms with Gasteiger partial charge < -0.3 is 15.7 Å². The highest BCUT2D eigenvalue weighted by atomic mass is 19.3. The Bertz CT molecular complexity index is 323. The summed E-state index contributed by atoms with van der Waals surface area (Å²) in [5, 5.41) is 14.6. The molecule has 0 aromatic carbocycles. The van der Waals surface area contributed by atoms with Gasteiger partial charge in [0.05, 0.1) is 23.8 Å². The van der Waals surface area contributed by atoms with Gasteiger partial charge in [0.25, 0.3) is 6.43 Å². The van der Waals surface area contributed by atoms with Gasteiger partial charge in [-0.25, -0.2) is 8.78 Å². The number of pyridine rings is 1. The normalized spacial score (nSPS) is 12.6. The van der Waals surface area contributed by atoms with Crippen LogP contribution in [0, 0.1) is 0 Å². The van der Waals surface area contributed by atoms with E-state index in [1.165, 1.54) is 6.20 Å². The van der Waals surface area contributed by atoms with E-state index in [4.69, 9.17) is 5.11 Å². The van der Waals surface area contributed by atoms with E-state index in [9.17, 15) is 8.78 Å². The second-order valence-corrected chi connectivity index (χ2v) is 3.28. The van der Waals surface area contributed by atoms with Crippen LogP contribution in [0.4, 0.5) is 20.2 Å². The molecule has 3 N–H and O–H groups in total. The van der Waals surface area contributed by atoms with Gasteiger partial charge >= 0.3 is 0 Å². The summed E-state index contributed by atoms with van der Waals surface area (Å²) in [5.74, 6) is 0. The molecule has 1 atom stereocenters. The predicted octanol–water partition coefficient (Wildman–Crippen LogP) is 1.55. The van der Waals surface area contributed by atoms with E-state index in [1.54, 1.807) is 12.3 Å². The highest BCUT2D eigenvalue weighted by molar-refractivity contribution is 5.53. The number of halogens is 2. The molecule has 0 aliphatic heterocycles. The van der Waals surface area contributed by atoms with Crippen LogP contribution in [-0.4, -0.2) is 35.7 Å². The lowest BCUT2D eigenvalue weighted by molar-refractivity contribution is 0.00384. The molecule has 0 aliphatic rings. The molecule has 0 radical (unpaired) electrons. The Balaban J connectivity index is 2.50. The van der Waals surface area contributed by atoms with Crippen molar-refractivity contribution in [2.24, 2.45) is 0 Å². The number of hydrogen-bond donors (Lipinski definition) is 3. The first-order valence-electron chi connectivity index (χ1n) is 5.02. The number of aromatic nitrogens is 1. The minimum Gasteiger partial charge on any atom is -0.385 e. The van der Waals surface area contributed by atoms with Crippen molar-refractivity contribution in [3.8, 4) is 0 Å². The van der Waals surface area contributed by atoms with E-state index in [2.05, 4.69) is 15.6 Å². The van der Waals surface area contributed by atoms with Crippen LogP contribution in [0.3, 0.4) is 0 Å². The molecular formula is C10H15F2N3O. The lowest BCUT2D eigenvalue weighted by atomic mass is 10.3. The van der Waals surface area contributed by atoms with E-state index in [0.717, 1.165) is 12.2 Å². The summed E-state index contributed by atoms with van der Waals surface area (Å²) < 4.78 is 24.0. The fourth-order valence-electron chi connectivity index (χ4n) is 1.15.